The number of aromatic nitrogens is 2. The molecule has 1 saturated carbocycles. The zero-order valence-corrected chi connectivity index (χ0v) is 10.6. The summed E-state index contributed by atoms with van der Waals surface area (Å²) in [4.78, 5) is 4.37. The summed E-state index contributed by atoms with van der Waals surface area (Å²) in [5, 5.41) is 3.47. The first kappa shape index (κ1) is 11.5. The van der Waals surface area contributed by atoms with Crippen LogP contribution in [0.2, 0.25) is 0 Å². The molecule has 1 fully saturated rings. The van der Waals surface area contributed by atoms with Gasteiger partial charge in [-0.05, 0) is 30.6 Å². The van der Waals surface area contributed by atoms with Gasteiger partial charge in [-0.25, -0.2) is 4.98 Å². The second kappa shape index (κ2) is 4.89. The van der Waals surface area contributed by atoms with Crippen LogP contribution in [-0.4, -0.2) is 16.1 Å². The highest BCUT2D eigenvalue weighted by Crippen LogP contribution is 2.36. The van der Waals surface area contributed by atoms with Crippen LogP contribution < -0.4 is 5.32 Å². The van der Waals surface area contributed by atoms with E-state index in [1.807, 2.05) is 6.20 Å². The van der Waals surface area contributed by atoms with Crippen LogP contribution in [-0.2, 0) is 6.54 Å². The molecule has 0 bridgehead atoms. The van der Waals surface area contributed by atoms with E-state index >= 15 is 0 Å². The van der Waals surface area contributed by atoms with Gasteiger partial charge in [0.15, 0.2) is 0 Å². The summed E-state index contributed by atoms with van der Waals surface area (Å²) in [6, 6.07) is 0. The largest absolute Gasteiger partial charge is 0.355 e. The highest BCUT2D eigenvalue weighted by molar-refractivity contribution is 5.25. The van der Waals surface area contributed by atoms with Crippen LogP contribution in [0.1, 0.15) is 33.6 Å². The van der Waals surface area contributed by atoms with Crippen LogP contribution in [0.3, 0.4) is 0 Å². The minimum absolute atomic E-state index is 0.663. The number of hydrogen-bond donors (Lipinski definition) is 1. The Bertz CT molecular complexity index is 326. The topological polar surface area (TPSA) is 29.9 Å². The lowest BCUT2D eigenvalue weighted by atomic mass is 10.1. The van der Waals surface area contributed by atoms with Gasteiger partial charge < -0.3 is 9.88 Å². The number of hydrogen-bond acceptors (Lipinski definition) is 2. The summed E-state index contributed by atoms with van der Waals surface area (Å²) in [7, 11) is 0. The Balaban J connectivity index is 1.85. The zero-order valence-electron chi connectivity index (χ0n) is 10.6. The van der Waals surface area contributed by atoms with Gasteiger partial charge in [-0.1, -0.05) is 20.8 Å². The fraction of sp³-hybridized carbons (Fsp3) is 0.769. The van der Waals surface area contributed by atoms with Crippen LogP contribution in [0, 0.1) is 17.8 Å². The Labute approximate surface area is 98.3 Å². The van der Waals surface area contributed by atoms with Gasteiger partial charge in [-0.3, -0.25) is 0 Å². The predicted octanol–water partition coefficient (Wildman–Crippen LogP) is 3.00. The molecule has 1 aromatic heterocycles. The Kier molecular flexibility index (Phi) is 3.52. The van der Waals surface area contributed by atoms with Gasteiger partial charge >= 0.3 is 0 Å². The average molecular weight is 221 g/mol. The predicted molar refractivity (Wildman–Crippen MR) is 67.4 cm³/mol. The van der Waals surface area contributed by atoms with Crippen molar-refractivity contribution >= 4 is 5.95 Å². The van der Waals surface area contributed by atoms with Gasteiger partial charge in [0, 0.05) is 25.5 Å². The molecule has 1 unspecified atom stereocenters. The van der Waals surface area contributed by atoms with E-state index < -0.39 is 0 Å². The third-order valence-electron chi connectivity index (χ3n) is 3.29. The maximum absolute atomic E-state index is 4.37. The molecular weight excluding hydrogens is 198 g/mol. The molecule has 16 heavy (non-hydrogen) atoms. The smallest absolute Gasteiger partial charge is 0.202 e. The first-order chi connectivity index (χ1) is 7.66. The first-order valence-corrected chi connectivity index (χ1v) is 6.42. The molecule has 1 aliphatic carbocycles. The molecule has 0 aromatic carbocycles. The van der Waals surface area contributed by atoms with E-state index in [0.29, 0.717) is 5.92 Å². The quantitative estimate of drug-likeness (QED) is 0.800. The second-order valence-corrected chi connectivity index (χ2v) is 5.49. The lowest BCUT2D eigenvalue weighted by Gasteiger charge is -2.14. The molecule has 1 aliphatic rings. The molecule has 1 aromatic rings. The van der Waals surface area contributed by atoms with Crippen LogP contribution in [0.5, 0.6) is 0 Å². The van der Waals surface area contributed by atoms with Gasteiger partial charge in [0.25, 0.3) is 0 Å². The molecule has 1 atom stereocenters. The summed E-state index contributed by atoms with van der Waals surface area (Å²) >= 11 is 0. The molecule has 2 rings (SSSR count). The van der Waals surface area contributed by atoms with Crippen molar-refractivity contribution < 1.29 is 0 Å². The van der Waals surface area contributed by atoms with E-state index in [0.717, 1.165) is 30.9 Å². The third-order valence-corrected chi connectivity index (χ3v) is 3.29. The molecule has 0 aliphatic heterocycles. The van der Waals surface area contributed by atoms with Gasteiger partial charge in [-0.2, -0.15) is 0 Å². The number of imidazole rings is 1. The van der Waals surface area contributed by atoms with E-state index in [4.69, 9.17) is 0 Å². The Morgan fingerprint density at radius 3 is 2.81 bits per heavy atom. The molecule has 90 valence electrons. The molecule has 0 spiro atoms. The highest BCUT2D eigenvalue weighted by Gasteiger charge is 2.27. The summed E-state index contributed by atoms with van der Waals surface area (Å²) in [6.45, 7) is 8.90. The van der Waals surface area contributed by atoms with E-state index in [-0.39, 0.29) is 0 Å². The minimum atomic E-state index is 0.663. The first-order valence-electron chi connectivity index (χ1n) is 6.42. The van der Waals surface area contributed by atoms with E-state index in [1.165, 1.54) is 12.8 Å². The minimum Gasteiger partial charge on any atom is -0.355 e. The monoisotopic (exact) mass is 221 g/mol. The van der Waals surface area contributed by atoms with Crippen LogP contribution >= 0.6 is 0 Å². The molecule has 3 heteroatoms. The molecule has 0 radical (unpaired) electrons. The normalized spacial score (nSPS) is 17.8. The standard InChI is InChI=1S/C13H23N3/c1-10(2)9-16-7-6-14-13(16)15-8-11(3)12-4-5-12/h6-7,10-12H,4-5,8-9H2,1-3H3,(H,14,15). The van der Waals surface area contributed by atoms with Crippen molar-refractivity contribution in [2.45, 2.75) is 40.2 Å². The lowest BCUT2D eigenvalue weighted by molar-refractivity contribution is 0.513. The van der Waals surface area contributed by atoms with Crippen LogP contribution in [0.25, 0.3) is 0 Å². The van der Waals surface area contributed by atoms with Crippen molar-refractivity contribution in [3.05, 3.63) is 12.4 Å². The molecule has 0 amide bonds. The molecule has 0 saturated heterocycles. The SMILES string of the molecule is CC(C)Cn1ccnc1NCC(C)C1CC1. The summed E-state index contributed by atoms with van der Waals surface area (Å²) in [5.41, 5.74) is 0. The maximum Gasteiger partial charge on any atom is 0.202 e. The number of rotatable bonds is 6. The van der Waals surface area contributed by atoms with Crippen molar-refractivity contribution in [2.75, 3.05) is 11.9 Å². The van der Waals surface area contributed by atoms with Crippen LogP contribution in [0.15, 0.2) is 12.4 Å². The van der Waals surface area contributed by atoms with Crippen molar-refractivity contribution in [1.82, 2.24) is 9.55 Å². The lowest BCUT2D eigenvalue weighted by Crippen LogP contribution is -2.17. The highest BCUT2D eigenvalue weighted by atomic mass is 15.2. The summed E-state index contributed by atoms with van der Waals surface area (Å²) < 4.78 is 2.21. The maximum atomic E-state index is 4.37. The van der Waals surface area contributed by atoms with Crippen molar-refractivity contribution in [3.63, 3.8) is 0 Å². The Morgan fingerprint density at radius 1 is 1.44 bits per heavy atom. The van der Waals surface area contributed by atoms with E-state index in [2.05, 4.69) is 41.8 Å². The fourth-order valence-electron chi connectivity index (χ4n) is 2.10. The van der Waals surface area contributed by atoms with E-state index in [1.54, 1.807) is 0 Å². The number of anilines is 1. The van der Waals surface area contributed by atoms with Crippen molar-refractivity contribution in [3.8, 4) is 0 Å². The van der Waals surface area contributed by atoms with Crippen molar-refractivity contribution in [2.24, 2.45) is 17.8 Å². The number of nitrogens with one attached hydrogen (secondary N) is 1. The molecule has 1 heterocycles. The van der Waals surface area contributed by atoms with Crippen molar-refractivity contribution in [1.29, 1.82) is 0 Å². The number of nitrogens with zero attached hydrogens (tertiary/aromatic N) is 2. The Morgan fingerprint density at radius 2 is 2.19 bits per heavy atom. The summed E-state index contributed by atoms with van der Waals surface area (Å²) in [5.74, 6) is 3.43. The van der Waals surface area contributed by atoms with E-state index in [9.17, 15) is 0 Å². The summed E-state index contributed by atoms with van der Waals surface area (Å²) in [6.07, 6.45) is 6.78. The molecule has 1 N–H and O–H groups in total. The zero-order chi connectivity index (χ0) is 11.5. The van der Waals surface area contributed by atoms with Gasteiger partial charge in [0.05, 0.1) is 0 Å². The third kappa shape index (κ3) is 3.00. The fourth-order valence-corrected chi connectivity index (χ4v) is 2.10. The average Bonchev–Trinajstić information content (AvgIpc) is 2.98. The van der Waals surface area contributed by atoms with Gasteiger partial charge in [0.1, 0.15) is 0 Å². The molecule has 3 nitrogen and oxygen atoms in total. The van der Waals surface area contributed by atoms with Gasteiger partial charge in [0.2, 0.25) is 5.95 Å². The second-order valence-electron chi connectivity index (χ2n) is 5.49. The molecular formula is C13H23N3. The van der Waals surface area contributed by atoms with Gasteiger partial charge in [-0.15, -0.1) is 0 Å². The Hall–Kier alpha value is -0.990. The van der Waals surface area contributed by atoms with Crippen LogP contribution in [0.4, 0.5) is 5.95 Å².